The van der Waals surface area contributed by atoms with Crippen molar-refractivity contribution in [2.45, 2.75) is 45.3 Å². The number of likely N-dealkylation sites (tertiary alicyclic amines) is 1. The van der Waals surface area contributed by atoms with E-state index in [0.29, 0.717) is 11.3 Å². The summed E-state index contributed by atoms with van der Waals surface area (Å²) < 4.78 is 5.20. The van der Waals surface area contributed by atoms with Gasteiger partial charge in [-0.2, -0.15) is 0 Å². The zero-order valence-electron chi connectivity index (χ0n) is 14.9. The maximum atomic E-state index is 12.3. The number of carbonyl (C=O) groups is 2. The predicted molar refractivity (Wildman–Crippen MR) is 94.3 cm³/mol. The molecule has 6 heteroatoms. The lowest BCUT2D eigenvalue weighted by Crippen LogP contribution is -2.43. The van der Waals surface area contributed by atoms with E-state index in [1.807, 2.05) is 20.8 Å². The van der Waals surface area contributed by atoms with Gasteiger partial charge in [0.25, 0.3) is 5.91 Å². The third-order valence-corrected chi connectivity index (χ3v) is 3.85. The van der Waals surface area contributed by atoms with Crippen molar-refractivity contribution < 1.29 is 14.3 Å². The summed E-state index contributed by atoms with van der Waals surface area (Å²) in [6.45, 7) is 7.43. The Morgan fingerprint density at radius 3 is 2.25 bits per heavy atom. The van der Waals surface area contributed by atoms with Gasteiger partial charge in [0.05, 0.1) is 0 Å². The van der Waals surface area contributed by atoms with Crippen molar-refractivity contribution in [2.75, 3.05) is 25.5 Å². The van der Waals surface area contributed by atoms with Crippen LogP contribution >= 0.6 is 0 Å². The molecule has 24 heavy (non-hydrogen) atoms. The number of hydrogen-bond acceptors (Lipinski definition) is 4. The molecule has 2 N–H and O–H groups in total. The van der Waals surface area contributed by atoms with Gasteiger partial charge in [-0.05, 0) is 78.0 Å². The summed E-state index contributed by atoms with van der Waals surface area (Å²) in [6, 6.07) is 7.04. The van der Waals surface area contributed by atoms with Gasteiger partial charge in [0.1, 0.15) is 5.60 Å². The molecule has 1 fully saturated rings. The monoisotopic (exact) mass is 333 g/mol. The highest BCUT2D eigenvalue weighted by atomic mass is 16.6. The van der Waals surface area contributed by atoms with Gasteiger partial charge in [0.15, 0.2) is 0 Å². The number of rotatable bonds is 3. The van der Waals surface area contributed by atoms with Crippen LogP contribution in [0.4, 0.5) is 10.5 Å². The normalized spacial score (nSPS) is 16.5. The molecule has 6 nitrogen and oxygen atoms in total. The lowest BCUT2D eigenvalue weighted by atomic mass is 10.0. The fraction of sp³-hybridized carbons (Fsp3) is 0.556. The number of carbonyl (C=O) groups excluding carboxylic acids is 2. The molecule has 0 spiro atoms. The van der Waals surface area contributed by atoms with Crippen LogP contribution in [0.3, 0.4) is 0 Å². The highest BCUT2D eigenvalue weighted by Gasteiger charge is 2.19. The number of amides is 2. The van der Waals surface area contributed by atoms with E-state index in [0.717, 1.165) is 25.9 Å². The van der Waals surface area contributed by atoms with Gasteiger partial charge in [0, 0.05) is 17.3 Å². The first-order valence-corrected chi connectivity index (χ1v) is 8.32. The van der Waals surface area contributed by atoms with Crippen LogP contribution in [0, 0.1) is 0 Å². The molecule has 0 aromatic heterocycles. The van der Waals surface area contributed by atoms with Gasteiger partial charge in [-0.1, -0.05) is 0 Å². The van der Waals surface area contributed by atoms with Crippen LogP contribution in [0.25, 0.3) is 0 Å². The number of nitrogens with zero attached hydrogens (tertiary/aromatic N) is 1. The highest BCUT2D eigenvalue weighted by molar-refractivity contribution is 5.95. The third kappa shape index (κ3) is 5.85. The largest absolute Gasteiger partial charge is 0.444 e. The first kappa shape index (κ1) is 18.3. The summed E-state index contributed by atoms with van der Waals surface area (Å²) in [5, 5.41) is 5.72. The van der Waals surface area contributed by atoms with E-state index in [9.17, 15) is 9.59 Å². The lowest BCUT2D eigenvalue weighted by molar-refractivity contribution is 0.0635. The van der Waals surface area contributed by atoms with Gasteiger partial charge in [-0.3, -0.25) is 10.1 Å². The number of nitrogens with one attached hydrogen (secondary N) is 2. The Morgan fingerprint density at radius 1 is 1.12 bits per heavy atom. The summed E-state index contributed by atoms with van der Waals surface area (Å²) in [5.41, 5.74) is 0.640. The van der Waals surface area contributed by atoms with Crippen LogP contribution in [0.15, 0.2) is 24.3 Å². The van der Waals surface area contributed by atoms with Gasteiger partial charge >= 0.3 is 6.09 Å². The molecular weight excluding hydrogens is 306 g/mol. The summed E-state index contributed by atoms with van der Waals surface area (Å²) in [4.78, 5) is 26.3. The van der Waals surface area contributed by atoms with E-state index >= 15 is 0 Å². The number of piperidine rings is 1. The van der Waals surface area contributed by atoms with Crippen LogP contribution < -0.4 is 10.6 Å². The first-order chi connectivity index (χ1) is 11.2. The zero-order chi connectivity index (χ0) is 17.7. The van der Waals surface area contributed by atoms with Gasteiger partial charge in [-0.15, -0.1) is 0 Å². The van der Waals surface area contributed by atoms with Crippen LogP contribution in [-0.4, -0.2) is 48.7 Å². The molecule has 2 rings (SSSR count). The van der Waals surface area contributed by atoms with E-state index in [1.165, 1.54) is 0 Å². The Balaban J connectivity index is 1.87. The lowest BCUT2D eigenvalue weighted by Gasteiger charge is -2.29. The number of hydrogen-bond donors (Lipinski definition) is 2. The van der Waals surface area contributed by atoms with Crippen LogP contribution in [0.1, 0.15) is 44.0 Å². The zero-order valence-corrected chi connectivity index (χ0v) is 14.9. The maximum Gasteiger partial charge on any atom is 0.412 e. The molecule has 1 heterocycles. The number of benzene rings is 1. The molecule has 0 radical (unpaired) electrons. The summed E-state index contributed by atoms with van der Waals surface area (Å²) in [6.07, 6.45) is 1.44. The van der Waals surface area contributed by atoms with Crippen LogP contribution in [0.5, 0.6) is 0 Å². The van der Waals surface area contributed by atoms with Crippen molar-refractivity contribution in [3.8, 4) is 0 Å². The molecule has 1 aliphatic rings. The Morgan fingerprint density at radius 2 is 1.71 bits per heavy atom. The fourth-order valence-electron chi connectivity index (χ4n) is 2.55. The molecule has 0 saturated carbocycles. The van der Waals surface area contributed by atoms with E-state index in [2.05, 4.69) is 22.6 Å². The molecular formula is C18H27N3O3. The summed E-state index contributed by atoms with van der Waals surface area (Å²) in [5.74, 6) is -0.0756. The number of anilines is 1. The van der Waals surface area contributed by atoms with Crippen molar-refractivity contribution in [3.05, 3.63) is 29.8 Å². The van der Waals surface area contributed by atoms with E-state index in [-0.39, 0.29) is 11.9 Å². The second-order valence-electron chi connectivity index (χ2n) is 7.26. The highest BCUT2D eigenvalue weighted by Crippen LogP contribution is 2.14. The van der Waals surface area contributed by atoms with Crippen molar-refractivity contribution in [1.82, 2.24) is 10.2 Å². The van der Waals surface area contributed by atoms with E-state index < -0.39 is 11.7 Å². The van der Waals surface area contributed by atoms with Gasteiger partial charge in [0.2, 0.25) is 0 Å². The molecule has 0 aliphatic carbocycles. The maximum absolute atomic E-state index is 12.3. The quantitative estimate of drug-likeness (QED) is 0.892. The fourth-order valence-corrected chi connectivity index (χ4v) is 2.55. The van der Waals surface area contributed by atoms with Crippen molar-refractivity contribution in [1.29, 1.82) is 0 Å². The average Bonchev–Trinajstić information content (AvgIpc) is 2.48. The molecule has 2 amide bonds. The van der Waals surface area contributed by atoms with Crippen LogP contribution in [-0.2, 0) is 4.74 Å². The Hall–Kier alpha value is -2.08. The predicted octanol–water partition coefficient (Wildman–Crippen LogP) is 2.86. The summed E-state index contributed by atoms with van der Waals surface area (Å²) >= 11 is 0. The van der Waals surface area contributed by atoms with E-state index in [1.54, 1.807) is 24.3 Å². The molecule has 1 aromatic carbocycles. The smallest absolute Gasteiger partial charge is 0.412 e. The minimum atomic E-state index is -0.544. The van der Waals surface area contributed by atoms with Gasteiger partial charge in [-0.25, -0.2) is 4.79 Å². The van der Waals surface area contributed by atoms with Crippen molar-refractivity contribution in [2.24, 2.45) is 0 Å². The summed E-state index contributed by atoms with van der Waals surface area (Å²) in [7, 11) is 2.09. The number of ether oxygens (including phenoxy) is 1. The molecule has 1 aromatic rings. The molecule has 0 atom stereocenters. The SMILES string of the molecule is CN1CCC(NC(=O)c2ccc(NC(=O)OC(C)(C)C)cc2)CC1. The molecule has 0 unspecified atom stereocenters. The second-order valence-corrected chi connectivity index (χ2v) is 7.26. The third-order valence-electron chi connectivity index (χ3n) is 3.85. The van der Waals surface area contributed by atoms with Crippen molar-refractivity contribution >= 4 is 17.7 Å². The standard InChI is InChI=1S/C18H27N3O3/c1-18(2,3)24-17(23)20-14-7-5-13(6-8-14)16(22)19-15-9-11-21(4)12-10-15/h5-8,15H,9-12H2,1-4H3,(H,19,22)(H,20,23). The second kappa shape index (κ2) is 7.66. The van der Waals surface area contributed by atoms with Crippen LogP contribution in [0.2, 0.25) is 0 Å². The minimum Gasteiger partial charge on any atom is -0.444 e. The molecule has 1 saturated heterocycles. The van der Waals surface area contributed by atoms with Crippen molar-refractivity contribution in [3.63, 3.8) is 0 Å². The molecule has 0 bridgehead atoms. The minimum absolute atomic E-state index is 0.0756. The molecule has 132 valence electrons. The van der Waals surface area contributed by atoms with Gasteiger partial charge < -0.3 is 15.0 Å². The topological polar surface area (TPSA) is 70.7 Å². The average molecular weight is 333 g/mol. The van der Waals surface area contributed by atoms with E-state index in [4.69, 9.17) is 4.74 Å². The Labute approximate surface area is 143 Å². The Bertz CT molecular complexity index is 570. The first-order valence-electron chi connectivity index (χ1n) is 8.32. The Kier molecular flexibility index (Phi) is 5.83. The molecule has 1 aliphatic heterocycles.